The molecule has 0 aliphatic rings. The van der Waals surface area contributed by atoms with Gasteiger partial charge < -0.3 is 5.32 Å². The fourth-order valence-electron chi connectivity index (χ4n) is 1.09. The summed E-state index contributed by atoms with van der Waals surface area (Å²) >= 11 is 0. The Hall–Kier alpha value is -1.36. The third-order valence-electron chi connectivity index (χ3n) is 1.73. The van der Waals surface area contributed by atoms with E-state index in [1.54, 1.807) is 13.0 Å². The monoisotopic (exact) mass is 213 g/mol. The van der Waals surface area contributed by atoms with Crippen LogP contribution in [0.25, 0.3) is 0 Å². The minimum atomic E-state index is -2.56. The molecule has 0 aromatic heterocycles. The predicted octanol–water partition coefficient (Wildman–Crippen LogP) is 0.924. The molecule has 0 bridgehead atoms. The largest absolute Gasteiger partial charge is 0.326 e. The van der Waals surface area contributed by atoms with Crippen molar-refractivity contribution in [1.29, 1.82) is 0 Å². The number of carbonyl (C=O) groups excluding carboxylic acids is 1. The van der Waals surface area contributed by atoms with Crippen LogP contribution in [0.2, 0.25) is 0 Å². The number of aryl methyl sites for hydroxylation is 1. The quantitative estimate of drug-likeness (QED) is 0.718. The van der Waals surface area contributed by atoms with Gasteiger partial charge >= 0.3 is 0 Å². The highest BCUT2D eigenvalue weighted by atomic mass is 32.2. The summed E-state index contributed by atoms with van der Waals surface area (Å²) in [4.78, 5) is 11.0. The molecule has 0 spiro atoms. The predicted molar refractivity (Wildman–Crippen MR) is 54.1 cm³/mol. The van der Waals surface area contributed by atoms with E-state index in [0.717, 1.165) is 5.56 Å². The number of benzene rings is 1. The summed E-state index contributed by atoms with van der Waals surface area (Å²) in [6.07, 6.45) is 0. The van der Waals surface area contributed by atoms with E-state index in [1.807, 2.05) is 0 Å². The average Bonchev–Trinajstić information content (AvgIpc) is 2.07. The lowest BCUT2D eigenvalue weighted by atomic mass is 10.2. The zero-order chi connectivity index (χ0) is 10.7. The summed E-state index contributed by atoms with van der Waals surface area (Å²) in [5, 5.41) is 2.60. The van der Waals surface area contributed by atoms with Crippen LogP contribution < -0.4 is 5.32 Å². The molecule has 1 aromatic carbocycles. The minimum absolute atomic E-state index is 0.174. The Morgan fingerprint density at radius 3 is 2.43 bits per heavy atom. The number of hydrogen-bond acceptors (Lipinski definition) is 3. The summed E-state index contributed by atoms with van der Waals surface area (Å²) in [6.45, 7) is 3.15. The van der Waals surface area contributed by atoms with Gasteiger partial charge in [0.15, 0.2) is 10.7 Å². The van der Waals surface area contributed by atoms with Gasteiger partial charge in [0.05, 0.1) is 4.90 Å². The van der Waals surface area contributed by atoms with Gasteiger partial charge in [-0.05, 0) is 30.7 Å². The lowest BCUT2D eigenvalue weighted by molar-refractivity contribution is -0.114. The fourth-order valence-corrected chi connectivity index (χ4v) is 1.59. The van der Waals surface area contributed by atoms with Crippen LogP contribution in [0, 0.1) is 6.92 Å². The summed E-state index contributed by atoms with van der Waals surface area (Å²) in [5.41, 5.74) is 1.37. The molecule has 1 N–H and O–H groups in total. The van der Waals surface area contributed by atoms with Gasteiger partial charge in [-0.1, -0.05) is 0 Å². The Labute approximate surface area is 83.9 Å². The molecule has 0 radical (unpaired) electrons. The number of hydrogen-bond donors (Lipinski definition) is 2. The van der Waals surface area contributed by atoms with E-state index in [-0.39, 0.29) is 10.8 Å². The van der Waals surface area contributed by atoms with E-state index in [4.69, 9.17) is 0 Å². The number of anilines is 1. The Morgan fingerprint density at radius 2 is 2.00 bits per heavy atom. The molecule has 1 rings (SSSR count). The maximum absolute atomic E-state index is 10.8. The molecule has 14 heavy (non-hydrogen) atoms. The molecule has 1 amide bonds. The van der Waals surface area contributed by atoms with Gasteiger partial charge in [0.2, 0.25) is 5.91 Å². The number of nitrogens with one attached hydrogen (secondary N) is 1. The van der Waals surface area contributed by atoms with Gasteiger partial charge in [0.1, 0.15) is 0 Å². The molecule has 0 fully saturated rings. The van der Waals surface area contributed by atoms with Gasteiger partial charge in [-0.3, -0.25) is 4.79 Å². The smallest absolute Gasteiger partial charge is 0.221 e. The first-order valence-electron chi connectivity index (χ1n) is 4.03. The van der Waals surface area contributed by atoms with Crippen molar-refractivity contribution >= 4 is 22.3 Å². The Bertz CT molecular complexity index is 430. The van der Waals surface area contributed by atoms with Crippen LogP contribution in [-0.2, 0) is 15.5 Å². The van der Waals surface area contributed by atoms with Crippen molar-refractivity contribution in [2.45, 2.75) is 18.7 Å². The second kappa shape index (κ2) is 4.23. The first-order valence-corrected chi connectivity index (χ1v) is 5.21. The first-order chi connectivity index (χ1) is 6.50. The van der Waals surface area contributed by atoms with Crippen molar-refractivity contribution in [3.63, 3.8) is 0 Å². The molecule has 0 saturated heterocycles. The molecule has 0 unspecified atom stereocenters. The van der Waals surface area contributed by atoms with E-state index in [0.29, 0.717) is 5.69 Å². The molecule has 0 saturated carbocycles. The van der Waals surface area contributed by atoms with Crippen LogP contribution in [0.3, 0.4) is 0 Å². The van der Waals surface area contributed by atoms with Gasteiger partial charge in [0.25, 0.3) is 0 Å². The number of amides is 1. The lowest BCUT2D eigenvalue weighted by Gasteiger charge is -2.05. The van der Waals surface area contributed by atoms with Crippen molar-refractivity contribution in [1.82, 2.24) is 0 Å². The van der Waals surface area contributed by atoms with Crippen molar-refractivity contribution < 1.29 is 13.2 Å². The molecule has 0 aliphatic heterocycles. The summed E-state index contributed by atoms with van der Waals surface area (Å²) in [5.74, 6) is -0.174. The molecular weight excluding hydrogens is 202 g/mol. The van der Waals surface area contributed by atoms with Crippen molar-refractivity contribution in [3.8, 4) is 0 Å². The second-order valence-electron chi connectivity index (χ2n) is 2.94. The van der Waals surface area contributed by atoms with E-state index in [1.165, 1.54) is 19.1 Å². The van der Waals surface area contributed by atoms with Crippen molar-refractivity contribution in [2.24, 2.45) is 0 Å². The molecule has 0 atom stereocenters. The SMILES string of the molecule is CC(=O)Nc1ccc([SH](=O)=O)cc1C. The van der Waals surface area contributed by atoms with Crippen LogP contribution in [-0.4, -0.2) is 14.3 Å². The van der Waals surface area contributed by atoms with E-state index < -0.39 is 10.7 Å². The van der Waals surface area contributed by atoms with Gasteiger partial charge in [-0.15, -0.1) is 0 Å². The topological polar surface area (TPSA) is 63.2 Å². The highest BCUT2D eigenvalue weighted by molar-refractivity contribution is 7.72. The summed E-state index contributed by atoms with van der Waals surface area (Å²) in [6, 6.07) is 4.57. The van der Waals surface area contributed by atoms with Crippen molar-refractivity contribution in [3.05, 3.63) is 23.8 Å². The maximum Gasteiger partial charge on any atom is 0.221 e. The zero-order valence-electron chi connectivity index (χ0n) is 7.90. The van der Waals surface area contributed by atoms with Crippen LogP contribution in [0.1, 0.15) is 12.5 Å². The van der Waals surface area contributed by atoms with Gasteiger partial charge in [-0.25, -0.2) is 8.42 Å². The summed E-state index contributed by atoms with van der Waals surface area (Å²) in [7, 11) is -2.56. The van der Waals surface area contributed by atoms with Crippen molar-refractivity contribution in [2.75, 3.05) is 5.32 Å². The highest BCUT2D eigenvalue weighted by Gasteiger charge is 2.02. The highest BCUT2D eigenvalue weighted by Crippen LogP contribution is 2.16. The lowest BCUT2D eigenvalue weighted by Crippen LogP contribution is -2.07. The van der Waals surface area contributed by atoms with Crippen LogP contribution in [0.15, 0.2) is 23.1 Å². The number of rotatable bonds is 2. The molecule has 76 valence electrons. The van der Waals surface area contributed by atoms with Gasteiger partial charge in [0, 0.05) is 12.6 Å². The molecule has 5 heteroatoms. The van der Waals surface area contributed by atoms with E-state index in [2.05, 4.69) is 5.32 Å². The summed E-state index contributed by atoms with van der Waals surface area (Å²) < 4.78 is 21.3. The van der Waals surface area contributed by atoms with E-state index >= 15 is 0 Å². The number of carbonyl (C=O) groups is 1. The minimum Gasteiger partial charge on any atom is -0.326 e. The Balaban J connectivity index is 3.07. The van der Waals surface area contributed by atoms with E-state index in [9.17, 15) is 13.2 Å². The Morgan fingerprint density at radius 1 is 1.36 bits per heavy atom. The molecule has 0 aliphatic carbocycles. The standard InChI is InChI=1S/C9H11NO3S/c1-6-5-8(14(12)13)3-4-9(6)10-7(2)11/h3-5,14H,1-2H3,(H,10,11). The van der Waals surface area contributed by atoms with Crippen LogP contribution in [0.4, 0.5) is 5.69 Å². The normalized spacial score (nSPS) is 10.2. The molecule has 1 aromatic rings. The fraction of sp³-hybridized carbons (Fsp3) is 0.222. The van der Waals surface area contributed by atoms with Crippen LogP contribution in [0.5, 0.6) is 0 Å². The molecule has 4 nitrogen and oxygen atoms in total. The third-order valence-corrected chi connectivity index (χ3v) is 2.43. The Kier molecular flexibility index (Phi) is 3.24. The zero-order valence-corrected chi connectivity index (χ0v) is 8.80. The number of thiol groups is 1. The van der Waals surface area contributed by atoms with Gasteiger partial charge in [-0.2, -0.15) is 0 Å². The maximum atomic E-state index is 10.8. The average molecular weight is 213 g/mol. The third kappa shape index (κ3) is 2.56. The molecule has 0 heterocycles. The second-order valence-corrected chi connectivity index (χ2v) is 3.97. The molecular formula is C9H11NO3S. The van der Waals surface area contributed by atoms with Crippen LogP contribution >= 0.6 is 0 Å². The first kappa shape index (κ1) is 10.7.